The molecule has 1 amide bonds. The van der Waals surface area contributed by atoms with Gasteiger partial charge in [-0.05, 0) is 18.9 Å². The highest BCUT2D eigenvalue weighted by Crippen LogP contribution is 1.74. The lowest BCUT2D eigenvalue weighted by molar-refractivity contribution is -0.118. The zero-order valence-corrected chi connectivity index (χ0v) is 5.87. The van der Waals surface area contributed by atoms with E-state index in [4.69, 9.17) is 0 Å². The SMILES string of the molecule is C=N/C=C\C=C\NC(C)=O. The van der Waals surface area contributed by atoms with Crippen LogP contribution in [-0.2, 0) is 4.79 Å². The average molecular weight is 138 g/mol. The molecule has 0 aromatic carbocycles. The van der Waals surface area contributed by atoms with Gasteiger partial charge in [0.2, 0.25) is 5.91 Å². The summed E-state index contributed by atoms with van der Waals surface area (Å²) >= 11 is 0. The Hall–Kier alpha value is -1.38. The van der Waals surface area contributed by atoms with E-state index in [0.29, 0.717) is 0 Å². The van der Waals surface area contributed by atoms with E-state index >= 15 is 0 Å². The van der Waals surface area contributed by atoms with Gasteiger partial charge in [-0.1, -0.05) is 0 Å². The Labute approximate surface area is 60.2 Å². The predicted octanol–water partition coefficient (Wildman–Crippen LogP) is 0.850. The topological polar surface area (TPSA) is 41.5 Å². The van der Waals surface area contributed by atoms with Crippen molar-refractivity contribution in [3.8, 4) is 0 Å². The molecule has 0 fully saturated rings. The fraction of sp³-hybridized carbons (Fsp3) is 0.143. The standard InChI is InChI=1S/C7H10N2O/c1-7(10)9-6-4-3-5-8-2/h3-6H,2H2,1H3,(H,9,10)/b5-3-,6-4+. The number of amides is 1. The molecule has 0 radical (unpaired) electrons. The Balaban J connectivity index is 3.46. The maximum atomic E-state index is 10.3. The van der Waals surface area contributed by atoms with Gasteiger partial charge in [0.05, 0.1) is 0 Å². The van der Waals surface area contributed by atoms with Crippen molar-refractivity contribution in [1.29, 1.82) is 0 Å². The van der Waals surface area contributed by atoms with E-state index in [1.807, 2.05) is 0 Å². The number of rotatable bonds is 3. The zero-order valence-electron chi connectivity index (χ0n) is 5.87. The van der Waals surface area contributed by atoms with Gasteiger partial charge in [0.15, 0.2) is 0 Å². The lowest BCUT2D eigenvalue weighted by atomic mass is 10.5. The predicted molar refractivity (Wildman–Crippen MR) is 41.6 cm³/mol. The third kappa shape index (κ3) is 6.62. The largest absolute Gasteiger partial charge is 0.333 e. The van der Waals surface area contributed by atoms with E-state index in [1.54, 1.807) is 12.2 Å². The Morgan fingerprint density at radius 3 is 2.80 bits per heavy atom. The quantitative estimate of drug-likeness (QED) is 0.456. The monoisotopic (exact) mass is 138 g/mol. The molecule has 10 heavy (non-hydrogen) atoms. The summed E-state index contributed by atoms with van der Waals surface area (Å²) < 4.78 is 0. The Morgan fingerprint density at radius 2 is 2.30 bits per heavy atom. The Bertz CT molecular complexity index is 170. The van der Waals surface area contributed by atoms with Crippen LogP contribution < -0.4 is 5.32 Å². The molecule has 0 unspecified atom stereocenters. The second-order valence-electron chi connectivity index (χ2n) is 1.58. The van der Waals surface area contributed by atoms with Crippen LogP contribution in [0, 0.1) is 0 Å². The summed E-state index contributed by atoms with van der Waals surface area (Å²) in [5.74, 6) is -0.0868. The summed E-state index contributed by atoms with van der Waals surface area (Å²) in [6, 6.07) is 0. The van der Waals surface area contributed by atoms with Crippen LogP contribution in [0.25, 0.3) is 0 Å². The summed E-state index contributed by atoms with van der Waals surface area (Å²) in [5, 5.41) is 2.47. The minimum Gasteiger partial charge on any atom is -0.333 e. The molecule has 0 saturated heterocycles. The van der Waals surface area contributed by atoms with Crippen LogP contribution in [0.5, 0.6) is 0 Å². The first-order valence-corrected chi connectivity index (χ1v) is 2.82. The second kappa shape index (κ2) is 5.75. The molecule has 0 aromatic heterocycles. The molecule has 0 aliphatic heterocycles. The maximum absolute atomic E-state index is 10.3. The first-order chi connectivity index (χ1) is 4.77. The Kier molecular flexibility index (Phi) is 4.96. The molecule has 0 bridgehead atoms. The molecule has 0 atom stereocenters. The number of hydrogen-bond donors (Lipinski definition) is 1. The van der Waals surface area contributed by atoms with Gasteiger partial charge in [-0.15, -0.1) is 0 Å². The van der Waals surface area contributed by atoms with Crippen molar-refractivity contribution in [2.24, 2.45) is 4.99 Å². The number of carbonyl (C=O) groups excluding carboxylic acids is 1. The fourth-order valence-corrected chi connectivity index (χ4v) is 0.332. The van der Waals surface area contributed by atoms with Crippen LogP contribution in [0.3, 0.4) is 0 Å². The lowest BCUT2D eigenvalue weighted by Gasteiger charge is -1.86. The van der Waals surface area contributed by atoms with Crippen molar-refractivity contribution < 1.29 is 4.79 Å². The van der Waals surface area contributed by atoms with Gasteiger partial charge in [0.25, 0.3) is 0 Å². The zero-order chi connectivity index (χ0) is 7.82. The third-order valence-corrected chi connectivity index (χ3v) is 0.685. The summed E-state index contributed by atoms with van der Waals surface area (Å²) in [6.07, 6.45) is 6.39. The van der Waals surface area contributed by atoms with E-state index < -0.39 is 0 Å². The summed E-state index contributed by atoms with van der Waals surface area (Å²) in [7, 11) is 0. The normalized spacial score (nSPS) is 10.5. The fourth-order valence-electron chi connectivity index (χ4n) is 0.332. The minimum absolute atomic E-state index is 0.0868. The maximum Gasteiger partial charge on any atom is 0.220 e. The number of nitrogens with one attached hydrogen (secondary N) is 1. The van der Waals surface area contributed by atoms with Crippen LogP contribution >= 0.6 is 0 Å². The van der Waals surface area contributed by atoms with Crippen LogP contribution in [0.15, 0.2) is 29.5 Å². The van der Waals surface area contributed by atoms with Gasteiger partial charge in [-0.3, -0.25) is 9.79 Å². The second-order valence-corrected chi connectivity index (χ2v) is 1.58. The summed E-state index contributed by atoms with van der Waals surface area (Å²) in [6.45, 7) is 4.68. The third-order valence-electron chi connectivity index (χ3n) is 0.685. The van der Waals surface area contributed by atoms with E-state index in [1.165, 1.54) is 19.3 Å². The van der Waals surface area contributed by atoms with Gasteiger partial charge >= 0.3 is 0 Å². The Morgan fingerprint density at radius 1 is 1.60 bits per heavy atom. The molecular formula is C7H10N2O. The van der Waals surface area contributed by atoms with Gasteiger partial charge in [0.1, 0.15) is 0 Å². The van der Waals surface area contributed by atoms with Crippen LogP contribution in [0.4, 0.5) is 0 Å². The van der Waals surface area contributed by atoms with E-state index in [0.717, 1.165) is 0 Å². The molecule has 3 heteroatoms. The number of hydrogen-bond acceptors (Lipinski definition) is 2. The van der Waals surface area contributed by atoms with E-state index in [2.05, 4.69) is 17.0 Å². The molecule has 0 aromatic rings. The van der Waals surface area contributed by atoms with Gasteiger partial charge in [-0.2, -0.15) is 0 Å². The number of allylic oxidation sites excluding steroid dienone is 2. The molecule has 0 saturated carbocycles. The van der Waals surface area contributed by atoms with Crippen molar-refractivity contribution in [3.63, 3.8) is 0 Å². The van der Waals surface area contributed by atoms with E-state index in [9.17, 15) is 4.79 Å². The molecule has 0 heterocycles. The molecule has 0 aliphatic rings. The molecule has 0 spiro atoms. The van der Waals surface area contributed by atoms with Gasteiger partial charge < -0.3 is 5.32 Å². The first-order valence-electron chi connectivity index (χ1n) is 2.82. The first kappa shape index (κ1) is 8.62. The van der Waals surface area contributed by atoms with Crippen molar-refractivity contribution in [3.05, 3.63) is 24.6 Å². The average Bonchev–Trinajstić information content (AvgIpc) is 1.87. The van der Waals surface area contributed by atoms with Gasteiger partial charge in [-0.25, -0.2) is 0 Å². The van der Waals surface area contributed by atoms with Crippen molar-refractivity contribution >= 4 is 12.6 Å². The van der Waals surface area contributed by atoms with Crippen LogP contribution in [-0.4, -0.2) is 12.6 Å². The highest BCUT2D eigenvalue weighted by molar-refractivity contribution is 5.73. The van der Waals surface area contributed by atoms with Crippen molar-refractivity contribution in [2.45, 2.75) is 6.92 Å². The van der Waals surface area contributed by atoms with E-state index in [-0.39, 0.29) is 5.91 Å². The molecule has 0 aliphatic carbocycles. The smallest absolute Gasteiger partial charge is 0.220 e. The lowest BCUT2D eigenvalue weighted by Crippen LogP contribution is -2.10. The summed E-state index contributed by atoms with van der Waals surface area (Å²) in [5.41, 5.74) is 0. The van der Waals surface area contributed by atoms with Gasteiger partial charge in [0, 0.05) is 19.3 Å². The molecular weight excluding hydrogens is 128 g/mol. The molecule has 0 rings (SSSR count). The highest BCUT2D eigenvalue weighted by atomic mass is 16.1. The number of aliphatic imine (C=N–C) groups is 1. The van der Waals surface area contributed by atoms with Crippen LogP contribution in [0.2, 0.25) is 0 Å². The molecule has 54 valence electrons. The summed E-state index contributed by atoms with van der Waals surface area (Å²) in [4.78, 5) is 13.7. The minimum atomic E-state index is -0.0868. The van der Waals surface area contributed by atoms with Crippen molar-refractivity contribution in [1.82, 2.24) is 5.32 Å². The van der Waals surface area contributed by atoms with Crippen molar-refractivity contribution in [2.75, 3.05) is 0 Å². The molecule has 1 N–H and O–H groups in total. The highest BCUT2D eigenvalue weighted by Gasteiger charge is 1.78. The van der Waals surface area contributed by atoms with Crippen LogP contribution in [0.1, 0.15) is 6.92 Å². The number of carbonyl (C=O) groups is 1. The molecule has 3 nitrogen and oxygen atoms in total. The number of nitrogens with zero attached hydrogens (tertiary/aromatic N) is 1.